The first-order valence-electron chi connectivity index (χ1n) is 8.81. The molecule has 2 aromatic rings. The van der Waals surface area contributed by atoms with E-state index < -0.39 is 5.97 Å². The van der Waals surface area contributed by atoms with Crippen LogP contribution in [0.15, 0.2) is 30.5 Å². The zero-order chi connectivity index (χ0) is 18.8. The molecule has 1 aromatic carbocycles. The highest BCUT2D eigenvalue weighted by atomic mass is 16.5. The number of aromatic nitrogens is 2. The molecule has 8 nitrogen and oxygen atoms in total. The monoisotopic (exact) mass is 368 g/mol. The van der Waals surface area contributed by atoms with E-state index in [0.717, 1.165) is 24.3 Å². The third-order valence-corrected chi connectivity index (χ3v) is 4.78. The van der Waals surface area contributed by atoms with Gasteiger partial charge >= 0.3 is 5.97 Å². The smallest absolute Gasteiger partial charge is 0.337 e. The molecule has 0 aliphatic carbocycles. The van der Waals surface area contributed by atoms with E-state index in [1.807, 2.05) is 0 Å². The van der Waals surface area contributed by atoms with Gasteiger partial charge in [0.2, 0.25) is 5.95 Å². The van der Waals surface area contributed by atoms with Crippen LogP contribution in [0.5, 0.6) is 0 Å². The summed E-state index contributed by atoms with van der Waals surface area (Å²) in [6.45, 7) is 3.82. The van der Waals surface area contributed by atoms with Gasteiger partial charge in [-0.1, -0.05) is 0 Å². The highest BCUT2D eigenvalue weighted by Crippen LogP contribution is 2.24. The van der Waals surface area contributed by atoms with Crippen LogP contribution in [0.3, 0.4) is 0 Å². The van der Waals surface area contributed by atoms with Crippen LogP contribution in [0, 0.1) is 0 Å². The molecule has 27 heavy (non-hydrogen) atoms. The number of fused-ring (bicyclic) bond motifs is 1. The van der Waals surface area contributed by atoms with Crippen molar-refractivity contribution in [3.05, 3.63) is 52.8 Å². The molecule has 140 valence electrons. The summed E-state index contributed by atoms with van der Waals surface area (Å²) in [6.07, 6.45) is 1.81. The van der Waals surface area contributed by atoms with Crippen molar-refractivity contribution >= 4 is 17.8 Å². The Balaban J connectivity index is 1.47. The molecule has 8 heteroatoms. The van der Waals surface area contributed by atoms with Gasteiger partial charge in [-0.3, -0.25) is 4.79 Å². The van der Waals surface area contributed by atoms with Crippen molar-refractivity contribution in [2.45, 2.75) is 13.1 Å². The molecule has 1 amide bonds. The maximum atomic E-state index is 12.8. The Kier molecular flexibility index (Phi) is 4.72. The fraction of sp³-hybridized carbons (Fsp3) is 0.368. The van der Waals surface area contributed by atoms with Crippen molar-refractivity contribution in [3.63, 3.8) is 0 Å². The number of rotatable bonds is 3. The third kappa shape index (κ3) is 3.48. The second-order valence-electron chi connectivity index (χ2n) is 6.47. The quantitative estimate of drug-likeness (QED) is 0.754. The molecule has 1 aromatic heterocycles. The van der Waals surface area contributed by atoms with Gasteiger partial charge in [0.25, 0.3) is 5.91 Å². The zero-order valence-corrected chi connectivity index (χ0v) is 15.1. The molecule has 4 rings (SSSR count). The average Bonchev–Trinajstić information content (AvgIpc) is 3.16. The Morgan fingerprint density at radius 2 is 1.78 bits per heavy atom. The molecule has 1 fully saturated rings. The zero-order valence-electron chi connectivity index (χ0n) is 15.1. The summed E-state index contributed by atoms with van der Waals surface area (Å²) in [5, 5.41) is 0. The minimum Gasteiger partial charge on any atom is -0.465 e. The standard InChI is InChI=1S/C19H20N4O4/c1-26-18(25)14-4-2-13(3-5-14)17(24)23-11-15-10-20-19(21-16(15)12-23)22-6-8-27-9-7-22/h2-5,10H,6-9,11-12H2,1H3. The van der Waals surface area contributed by atoms with E-state index in [0.29, 0.717) is 43.4 Å². The van der Waals surface area contributed by atoms with Crippen molar-refractivity contribution in [2.75, 3.05) is 38.3 Å². The largest absolute Gasteiger partial charge is 0.465 e. The predicted molar refractivity (Wildman–Crippen MR) is 96.4 cm³/mol. The summed E-state index contributed by atoms with van der Waals surface area (Å²) in [5.41, 5.74) is 2.79. The number of esters is 1. The fourth-order valence-corrected chi connectivity index (χ4v) is 3.25. The van der Waals surface area contributed by atoms with E-state index in [1.54, 1.807) is 35.4 Å². The third-order valence-electron chi connectivity index (χ3n) is 4.78. The van der Waals surface area contributed by atoms with Crippen LogP contribution in [-0.4, -0.2) is 60.2 Å². The van der Waals surface area contributed by atoms with Crippen LogP contribution < -0.4 is 4.90 Å². The second-order valence-corrected chi connectivity index (χ2v) is 6.47. The Bertz CT molecular complexity index is 863. The summed E-state index contributed by atoms with van der Waals surface area (Å²) in [7, 11) is 1.33. The summed E-state index contributed by atoms with van der Waals surface area (Å²) >= 11 is 0. The number of carbonyl (C=O) groups excluding carboxylic acids is 2. The first-order valence-corrected chi connectivity index (χ1v) is 8.81. The normalized spacial score (nSPS) is 16.2. The van der Waals surface area contributed by atoms with E-state index >= 15 is 0 Å². The Morgan fingerprint density at radius 1 is 1.07 bits per heavy atom. The average molecular weight is 368 g/mol. The molecule has 0 atom stereocenters. The van der Waals surface area contributed by atoms with Crippen LogP contribution in [0.25, 0.3) is 0 Å². The minimum atomic E-state index is -0.423. The SMILES string of the molecule is COC(=O)c1ccc(C(=O)N2Cc3cnc(N4CCOCC4)nc3C2)cc1. The molecule has 2 aliphatic heterocycles. The molecule has 2 aliphatic rings. The minimum absolute atomic E-state index is 0.0997. The number of nitrogens with zero attached hydrogens (tertiary/aromatic N) is 4. The summed E-state index contributed by atoms with van der Waals surface area (Å²) in [5.74, 6) is 0.166. The van der Waals surface area contributed by atoms with Crippen molar-refractivity contribution in [1.29, 1.82) is 0 Å². The molecular weight excluding hydrogens is 348 g/mol. The lowest BCUT2D eigenvalue weighted by Crippen LogP contribution is -2.37. The van der Waals surface area contributed by atoms with Crippen molar-refractivity contribution in [2.24, 2.45) is 0 Å². The highest BCUT2D eigenvalue weighted by molar-refractivity contribution is 5.96. The summed E-state index contributed by atoms with van der Waals surface area (Å²) in [6, 6.07) is 6.47. The lowest BCUT2D eigenvalue weighted by Gasteiger charge is -2.26. The lowest BCUT2D eigenvalue weighted by molar-refractivity contribution is 0.0599. The van der Waals surface area contributed by atoms with Gasteiger partial charge in [0, 0.05) is 37.0 Å². The van der Waals surface area contributed by atoms with Crippen LogP contribution in [-0.2, 0) is 22.6 Å². The number of hydrogen-bond donors (Lipinski definition) is 0. The molecule has 1 saturated heterocycles. The Hall–Kier alpha value is -3.00. The first kappa shape index (κ1) is 17.4. The lowest BCUT2D eigenvalue weighted by atomic mass is 10.1. The molecule has 0 saturated carbocycles. The van der Waals surface area contributed by atoms with Gasteiger partial charge in [-0.2, -0.15) is 0 Å². The molecular formula is C19H20N4O4. The number of ether oxygens (including phenoxy) is 2. The fourth-order valence-electron chi connectivity index (χ4n) is 3.25. The maximum Gasteiger partial charge on any atom is 0.337 e. The van der Waals surface area contributed by atoms with Gasteiger partial charge < -0.3 is 19.3 Å². The van der Waals surface area contributed by atoms with E-state index in [1.165, 1.54) is 7.11 Å². The number of methoxy groups -OCH3 is 1. The van der Waals surface area contributed by atoms with Crippen molar-refractivity contribution in [3.8, 4) is 0 Å². The van der Waals surface area contributed by atoms with Crippen molar-refractivity contribution in [1.82, 2.24) is 14.9 Å². The van der Waals surface area contributed by atoms with Crippen molar-refractivity contribution < 1.29 is 19.1 Å². The van der Waals surface area contributed by atoms with Crippen LogP contribution in [0.2, 0.25) is 0 Å². The molecule has 0 unspecified atom stereocenters. The van der Waals surface area contributed by atoms with E-state index in [-0.39, 0.29) is 5.91 Å². The number of hydrogen-bond acceptors (Lipinski definition) is 7. The van der Waals surface area contributed by atoms with Crippen LogP contribution in [0.1, 0.15) is 32.0 Å². The number of anilines is 1. The van der Waals surface area contributed by atoms with Gasteiger partial charge in [-0.15, -0.1) is 0 Å². The van der Waals surface area contributed by atoms with Gasteiger partial charge in [0.15, 0.2) is 0 Å². The maximum absolute atomic E-state index is 12.8. The molecule has 0 N–H and O–H groups in total. The number of carbonyl (C=O) groups is 2. The molecule has 0 bridgehead atoms. The Morgan fingerprint density at radius 3 is 2.48 bits per heavy atom. The Labute approximate surface area is 156 Å². The topological polar surface area (TPSA) is 84.9 Å². The van der Waals surface area contributed by atoms with Crippen LogP contribution >= 0.6 is 0 Å². The van der Waals surface area contributed by atoms with Gasteiger partial charge in [0.05, 0.1) is 38.1 Å². The van der Waals surface area contributed by atoms with Gasteiger partial charge in [-0.25, -0.2) is 14.8 Å². The molecule has 3 heterocycles. The number of amides is 1. The van der Waals surface area contributed by atoms with E-state index in [9.17, 15) is 9.59 Å². The molecule has 0 radical (unpaired) electrons. The predicted octanol–water partition coefficient (Wildman–Crippen LogP) is 1.26. The first-order chi connectivity index (χ1) is 13.2. The van der Waals surface area contributed by atoms with E-state index in [4.69, 9.17) is 4.74 Å². The van der Waals surface area contributed by atoms with Crippen LogP contribution in [0.4, 0.5) is 5.95 Å². The number of morpholine rings is 1. The van der Waals surface area contributed by atoms with E-state index in [2.05, 4.69) is 19.6 Å². The van der Waals surface area contributed by atoms with Gasteiger partial charge in [0.1, 0.15) is 0 Å². The molecule has 0 spiro atoms. The summed E-state index contributed by atoms with van der Waals surface area (Å²) < 4.78 is 10.0. The second kappa shape index (κ2) is 7.32. The van der Waals surface area contributed by atoms with Gasteiger partial charge in [-0.05, 0) is 24.3 Å². The highest BCUT2D eigenvalue weighted by Gasteiger charge is 2.27. The summed E-state index contributed by atoms with van der Waals surface area (Å²) in [4.78, 5) is 37.2. The number of benzene rings is 1.